The molecule has 0 spiro atoms. The van der Waals surface area contributed by atoms with E-state index < -0.39 is 0 Å². The molecule has 0 saturated heterocycles. The molecule has 0 radical (unpaired) electrons. The zero-order valence-electron chi connectivity index (χ0n) is 14.0. The zero-order valence-corrected chi connectivity index (χ0v) is 15.6. The molecule has 1 nitrogen and oxygen atoms in total. The van der Waals surface area contributed by atoms with Crippen LogP contribution in [0.4, 0.5) is 0 Å². The number of hydrogen-bond donors (Lipinski definition) is 0. The molecule has 3 aromatic rings. The molecule has 5 rings (SSSR count). The number of benzene rings is 3. The molecular weight excluding hydrogens is 356 g/mol. The first-order valence-corrected chi connectivity index (χ1v) is 11.0. The van der Waals surface area contributed by atoms with Gasteiger partial charge in [-0.3, -0.25) is 0 Å². The quantitative estimate of drug-likeness (QED) is 0.376. The van der Waals surface area contributed by atoms with E-state index in [2.05, 4.69) is 90.3 Å². The number of hydrogen-bond acceptors (Lipinski definition) is 2. The molecule has 3 heteroatoms. The van der Waals surface area contributed by atoms with Crippen LogP contribution in [0.5, 0.6) is 0 Å². The summed E-state index contributed by atoms with van der Waals surface area (Å²) in [7, 11) is 1.48. The Morgan fingerprint density at radius 2 is 1.15 bits per heavy atom. The maximum atomic E-state index is 6.47. The van der Waals surface area contributed by atoms with Crippen LogP contribution in [0.25, 0.3) is 16.9 Å². The molecule has 0 fully saturated rings. The third-order valence-electron chi connectivity index (χ3n) is 4.46. The van der Waals surface area contributed by atoms with Crippen LogP contribution in [0.3, 0.4) is 0 Å². The lowest BCUT2D eigenvalue weighted by Crippen LogP contribution is -2.02. The summed E-state index contributed by atoms with van der Waals surface area (Å²) in [5.41, 5.74) is 6.09. The Balaban J connectivity index is 1.71. The minimum Gasteiger partial charge on any atom is -0.421 e. The molecule has 26 heavy (non-hydrogen) atoms. The summed E-state index contributed by atoms with van der Waals surface area (Å²) in [6.45, 7) is 0. The van der Waals surface area contributed by atoms with Gasteiger partial charge in [0.05, 0.1) is 14.7 Å². The van der Waals surface area contributed by atoms with Crippen LogP contribution in [-0.2, 0) is 4.18 Å². The Morgan fingerprint density at radius 3 is 1.77 bits per heavy atom. The highest BCUT2D eigenvalue weighted by molar-refractivity contribution is 8.84. The fraction of sp³-hybridized carbons (Fsp3) is 0. The average Bonchev–Trinajstić information content (AvgIpc) is 3.29. The van der Waals surface area contributed by atoms with Crippen molar-refractivity contribution in [3.8, 4) is 0 Å². The van der Waals surface area contributed by atoms with Crippen molar-refractivity contribution in [3.63, 3.8) is 0 Å². The van der Waals surface area contributed by atoms with Crippen LogP contribution in [0.15, 0.2) is 96.4 Å². The van der Waals surface area contributed by atoms with Gasteiger partial charge < -0.3 is 4.18 Å². The van der Waals surface area contributed by atoms with Gasteiger partial charge in [0.15, 0.2) is 5.76 Å². The van der Waals surface area contributed by atoms with Crippen LogP contribution in [0, 0.1) is 0 Å². The molecule has 0 aliphatic carbocycles. The van der Waals surface area contributed by atoms with E-state index in [1.165, 1.54) is 27.1 Å². The van der Waals surface area contributed by atoms with Crippen molar-refractivity contribution < 1.29 is 4.18 Å². The van der Waals surface area contributed by atoms with Crippen LogP contribution in [-0.4, -0.2) is 4.86 Å². The van der Waals surface area contributed by atoms with Crippen molar-refractivity contribution in [2.45, 2.75) is 0 Å². The van der Waals surface area contributed by atoms with Gasteiger partial charge in [-0.05, 0) is 27.3 Å². The Morgan fingerprint density at radius 1 is 0.615 bits per heavy atom. The highest BCUT2D eigenvalue weighted by Crippen LogP contribution is 2.57. The van der Waals surface area contributed by atoms with Gasteiger partial charge in [-0.1, -0.05) is 91.0 Å². The maximum absolute atomic E-state index is 6.47. The van der Waals surface area contributed by atoms with Crippen molar-refractivity contribution in [2.75, 3.05) is 0 Å². The second-order valence-corrected chi connectivity index (χ2v) is 9.04. The SMILES string of the molecule is C1=C(c2ccccc2)C2=S(OC(c3ccccc3)=C2c2ccccc2)S1. The molecule has 2 aliphatic heterocycles. The summed E-state index contributed by atoms with van der Waals surface area (Å²) in [6, 6.07) is 31.6. The van der Waals surface area contributed by atoms with E-state index in [9.17, 15) is 0 Å². The summed E-state index contributed by atoms with van der Waals surface area (Å²) in [6.07, 6.45) is 0. The van der Waals surface area contributed by atoms with Crippen LogP contribution in [0.1, 0.15) is 16.7 Å². The van der Waals surface area contributed by atoms with E-state index in [1.807, 2.05) is 6.07 Å². The Hall–Kier alpha value is -2.49. The molecule has 0 N–H and O–H groups in total. The second-order valence-electron chi connectivity index (χ2n) is 6.08. The van der Waals surface area contributed by atoms with Gasteiger partial charge in [-0.2, -0.15) is 0 Å². The highest BCUT2D eigenvalue weighted by atomic mass is 33.1. The molecule has 3 aromatic carbocycles. The minimum absolute atomic E-state index is 0.293. The van der Waals surface area contributed by atoms with E-state index in [0.29, 0.717) is 0 Å². The first-order valence-electron chi connectivity index (χ1n) is 8.50. The highest BCUT2D eigenvalue weighted by Gasteiger charge is 2.34. The smallest absolute Gasteiger partial charge is 0.154 e. The van der Waals surface area contributed by atoms with Gasteiger partial charge >= 0.3 is 0 Å². The second kappa shape index (κ2) is 6.67. The molecule has 0 bridgehead atoms. The van der Waals surface area contributed by atoms with Crippen molar-refractivity contribution in [2.24, 2.45) is 0 Å². The molecular formula is C23H16OS2. The Kier molecular flexibility index (Phi) is 4.04. The standard InChI is InChI=1S/C23H16OS2/c1-4-10-17(11-5-1)20-16-25-26-23(20)21(18-12-6-2-7-13-18)22(24-26)19-14-8-3-9-15-19/h1-16H. The largest absolute Gasteiger partial charge is 0.421 e. The fourth-order valence-electron chi connectivity index (χ4n) is 3.25. The average molecular weight is 373 g/mol. The van der Waals surface area contributed by atoms with Crippen molar-refractivity contribution in [3.05, 3.63) is 113 Å². The summed E-state index contributed by atoms with van der Waals surface area (Å²) in [5.74, 6) is 0.990. The van der Waals surface area contributed by atoms with E-state index >= 15 is 0 Å². The van der Waals surface area contributed by atoms with E-state index in [0.717, 1.165) is 11.3 Å². The monoisotopic (exact) mass is 372 g/mol. The lowest BCUT2D eigenvalue weighted by atomic mass is 9.92. The summed E-state index contributed by atoms with van der Waals surface area (Å²) in [5, 5.41) is 2.25. The van der Waals surface area contributed by atoms with Gasteiger partial charge in [0, 0.05) is 16.7 Å². The minimum atomic E-state index is -0.293. The van der Waals surface area contributed by atoms with Gasteiger partial charge in [0.1, 0.15) is 0 Å². The summed E-state index contributed by atoms with van der Waals surface area (Å²) in [4.78, 5) is 1.31. The van der Waals surface area contributed by atoms with E-state index in [1.54, 1.807) is 10.8 Å². The lowest BCUT2D eigenvalue weighted by Gasteiger charge is -2.12. The van der Waals surface area contributed by atoms with Gasteiger partial charge in [-0.15, -0.1) is 0 Å². The predicted octanol–water partition coefficient (Wildman–Crippen LogP) is 6.64. The summed E-state index contributed by atoms with van der Waals surface area (Å²) >= 11 is 0. The van der Waals surface area contributed by atoms with Gasteiger partial charge in [-0.25, -0.2) is 0 Å². The van der Waals surface area contributed by atoms with Crippen LogP contribution in [0.2, 0.25) is 0 Å². The molecule has 2 heterocycles. The van der Waals surface area contributed by atoms with Crippen molar-refractivity contribution >= 4 is 42.4 Å². The summed E-state index contributed by atoms with van der Waals surface area (Å²) < 4.78 is 6.47. The molecule has 0 saturated carbocycles. The fourth-order valence-corrected chi connectivity index (χ4v) is 6.73. The zero-order chi connectivity index (χ0) is 17.3. The van der Waals surface area contributed by atoms with Crippen LogP contribution < -0.4 is 0 Å². The number of allylic oxidation sites excluding steroid dienone is 2. The molecule has 0 amide bonds. The molecule has 2 aliphatic rings. The molecule has 0 aromatic heterocycles. The maximum Gasteiger partial charge on any atom is 0.154 e. The lowest BCUT2D eigenvalue weighted by molar-refractivity contribution is 0.617. The van der Waals surface area contributed by atoms with Crippen molar-refractivity contribution in [1.29, 1.82) is 0 Å². The van der Waals surface area contributed by atoms with Crippen molar-refractivity contribution in [1.82, 2.24) is 0 Å². The first kappa shape index (κ1) is 15.7. The Bertz CT molecular complexity index is 1050. The third-order valence-corrected chi connectivity index (χ3v) is 7.56. The predicted molar refractivity (Wildman–Crippen MR) is 115 cm³/mol. The van der Waals surface area contributed by atoms with E-state index in [4.69, 9.17) is 4.18 Å². The molecule has 1 atom stereocenters. The number of rotatable bonds is 3. The van der Waals surface area contributed by atoms with Gasteiger partial charge in [0.2, 0.25) is 0 Å². The van der Waals surface area contributed by atoms with E-state index in [-0.39, 0.29) is 9.80 Å². The topological polar surface area (TPSA) is 9.23 Å². The van der Waals surface area contributed by atoms with Crippen LogP contribution >= 0.6 is 20.6 Å². The third kappa shape index (κ3) is 2.64. The first-order chi connectivity index (χ1) is 12.9. The molecule has 126 valence electrons. The Labute approximate surface area is 159 Å². The van der Waals surface area contributed by atoms with Gasteiger partial charge in [0.25, 0.3) is 0 Å². The normalized spacial score (nSPS) is 18.5. The molecule has 1 unspecified atom stereocenters.